The summed E-state index contributed by atoms with van der Waals surface area (Å²) in [6, 6.07) is 0. The van der Waals surface area contributed by atoms with Crippen LogP contribution in [-0.4, -0.2) is 36.5 Å². The van der Waals surface area contributed by atoms with E-state index in [0.717, 1.165) is 12.8 Å². The van der Waals surface area contributed by atoms with Gasteiger partial charge in [-0.1, -0.05) is 0 Å². The van der Waals surface area contributed by atoms with Crippen molar-refractivity contribution in [1.29, 1.82) is 0 Å². The molecule has 0 saturated carbocycles. The number of aliphatic hydroxyl groups excluding tert-OH is 1. The van der Waals surface area contributed by atoms with Crippen molar-refractivity contribution in [3.8, 4) is 0 Å². The van der Waals surface area contributed by atoms with Crippen molar-refractivity contribution in [1.82, 2.24) is 0 Å². The van der Waals surface area contributed by atoms with Crippen LogP contribution < -0.4 is 0 Å². The molecule has 0 aromatic rings. The summed E-state index contributed by atoms with van der Waals surface area (Å²) in [5.74, 6) is -0.272. The molecule has 0 aliphatic carbocycles. The molecule has 1 N–H and O–H groups in total. The van der Waals surface area contributed by atoms with Gasteiger partial charge in [-0.3, -0.25) is 4.79 Å². The first kappa shape index (κ1) is 9.48. The molecular formula is C8H14O4. The fourth-order valence-corrected chi connectivity index (χ4v) is 1.25. The maximum atomic E-state index is 10.5. The van der Waals surface area contributed by atoms with Crippen molar-refractivity contribution in [2.24, 2.45) is 0 Å². The van der Waals surface area contributed by atoms with E-state index >= 15 is 0 Å². The van der Waals surface area contributed by atoms with Gasteiger partial charge in [0.2, 0.25) is 0 Å². The third-order valence-electron chi connectivity index (χ3n) is 1.86. The van der Waals surface area contributed by atoms with E-state index in [-0.39, 0.29) is 24.8 Å². The van der Waals surface area contributed by atoms with Gasteiger partial charge in [0.1, 0.15) is 6.10 Å². The lowest BCUT2D eigenvalue weighted by atomic mass is 10.1. The first-order valence-electron chi connectivity index (χ1n) is 4.12. The summed E-state index contributed by atoms with van der Waals surface area (Å²) in [6.45, 7) is 1.84. The molecule has 1 aliphatic rings. The largest absolute Gasteiger partial charge is 0.460 e. The van der Waals surface area contributed by atoms with Crippen LogP contribution in [0.5, 0.6) is 0 Å². The number of aliphatic hydroxyl groups is 1. The van der Waals surface area contributed by atoms with Gasteiger partial charge in [-0.15, -0.1) is 0 Å². The molecule has 70 valence electrons. The summed E-state index contributed by atoms with van der Waals surface area (Å²) < 4.78 is 10.2. The Hall–Kier alpha value is -0.610. The second-order valence-electron chi connectivity index (χ2n) is 2.95. The molecule has 12 heavy (non-hydrogen) atoms. The minimum absolute atomic E-state index is 0.0484. The molecule has 1 fully saturated rings. The van der Waals surface area contributed by atoms with Crippen molar-refractivity contribution in [2.45, 2.75) is 32.0 Å². The van der Waals surface area contributed by atoms with E-state index < -0.39 is 0 Å². The molecular weight excluding hydrogens is 160 g/mol. The Morgan fingerprint density at radius 2 is 2.42 bits per heavy atom. The Bertz CT molecular complexity index is 149. The van der Waals surface area contributed by atoms with Gasteiger partial charge in [0.25, 0.3) is 0 Å². The van der Waals surface area contributed by atoms with Crippen LogP contribution in [0.1, 0.15) is 19.8 Å². The Kier molecular flexibility index (Phi) is 3.49. The minimum atomic E-state index is -0.272. The van der Waals surface area contributed by atoms with E-state index in [4.69, 9.17) is 14.6 Å². The van der Waals surface area contributed by atoms with Gasteiger partial charge >= 0.3 is 5.97 Å². The van der Waals surface area contributed by atoms with E-state index in [1.165, 1.54) is 6.92 Å². The highest BCUT2D eigenvalue weighted by Gasteiger charge is 2.22. The van der Waals surface area contributed by atoms with Crippen LogP contribution in [0.25, 0.3) is 0 Å². The summed E-state index contributed by atoms with van der Waals surface area (Å²) >= 11 is 0. The van der Waals surface area contributed by atoms with Crippen LogP contribution in [0.3, 0.4) is 0 Å². The number of carbonyl (C=O) groups is 1. The molecule has 0 aromatic heterocycles. The Morgan fingerprint density at radius 3 is 2.83 bits per heavy atom. The van der Waals surface area contributed by atoms with Crippen molar-refractivity contribution in [2.75, 3.05) is 13.2 Å². The second kappa shape index (κ2) is 4.42. The predicted octanol–water partition coefficient (Wildman–Crippen LogP) is 0.0894. The molecule has 0 aromatic carbocycles. The summed E-state index contributed by atoms with van der Waals surface area (Å²) in [5, 5.41) is 8.73. The fraction of sp³-hybridized carbons (Fsp3) is 0.875. The lowest BCUT2D eigenvalue weighted by Crippen LogP contribution is -2.34. The van der Waals surface area contributed by atoms with Crippen LogP contribution in [0.15, 0.2) is 0 Å². The molecule has 1 aliphatic heterocycles. The summed E-state index contributed by atoms with van der Waals surface area (Å²) in [6.07, 6.45) is 1.35. The maximum Gasteiger partial charge on any atom is 0.302 e. The van der Waals surface area contributed by atoms with Crippen LogP contribution in [0.2, 0.25) is 0 Å². The number of esters is 1. The lowest BCUT2D eigenvalue weighted by Gasteiger charge is -2.27. The van der Waals surface area contributed by atoms with Crippen LogP contribution in [-0.2, 0) is 14.3 Å². The van der Waals surface area contributed by atoms with Gasteiger partial charge in [-0.2, -0.15) is 0 Å². The SMILES string of the molecule is CC(=O)O[C@H]1CC[C@@H](CO)OC1. The maximum absolute atomic E-state index is 10.5. The normalized spacial score (nSPS) is 29.8. The molecule has 4 heteroatoms. The first-order chi connectivity index (χ1) is 5.72. The predicted molar refractivity (Wildman–Crippen MR) is 41.6 cm³/mol. The van der Waals surface area contributed by atoms with Gasteiger partial charge < -0.3 is 14.6 Å². The van der Waals surface area contributed by atoms with E-state index in [1.807, 2.05) is 0 Å². The summed E-state index contributed by atoms with van der Waals surface area (Å²) in [5.41, 5.74) is 0. The number of hydrogen-bond acceptors (Lipinski definition) is 4. The molecule has 0 bridgehead atoms. The van der Waals surface area contributed by atoms with Crippen LogP contribution in [0, 0.1) is 0 Å². The zero-order chi connectivity index (χ0) is 8.97. The van der Waals surface area contributed by atoms with Gasteiger partial charge in [0, 0.05) is 6.92 Å². The molecule has 1 saturated heterocycles. The molecule has 4 nitrogen and oxygen atoms in total. The van der Waals surface area contributed by atoms with E-state index in [9.17, 15) is 4.79 Å². The zero-order valence-corrected chi connectivity index (χ0v) is 7.16. The quantitative estimate of drug-likeness (QED) is 0.603. The highest BCUT2D eigenvalue weighted by Crippen LogP contribution is 2.15. The average molecular weight is 174 g/mol. The molecule has 0 unspecified atom stereocenters. The Labute approximate surface area is 71.5 Å². The number of carbonyl (C=O) groups excluding carboxylic acids is 1. The minimum Gasteiger partial charge on any atom is -0.460 e. The van der Waals surface area contributed by atoms with Crippen molar-refractivity contribution < 1.29 is 19.4 Å². The second-order valence-corrected chi connectivity index (χ2v) is 2.95. The summed E-state index contributed by atoms with van der Waals surface area (Å²) in [7, 11) is 0. The van der Waals surface area contributed by atoms with Crippen LogP contribution >= 0.6 is 0 Å². The van der Waals surface area contributed by atoms with Gasteiger partial charge in [-0.25, -0.2) is 0 Å². The molecule has 0 radical (unpaired) electrons. The molecule has 0 amide bonds. The first-order valence-corrected chi connectivity index (χ1v) is 4.12. The van der Waals surface area contributed by atoms with E-state index in [2.05, 4.69) is 0 Å². The smallest absolute Gasteiger partial charge is 0.302 e. The monoisotopic (exact) mass is 174 g/mol. The summed E-state index contributed by atoms with van der Waals surface area (Å²) in [4.78, 5) is 10.5. The Morgan fingerprint density at radius 1 is 1.67 bits per heavy atom. The van der Waals surface area contributed by atoms with Gasteiger partial charge in [0.05, 0.1) is 19.3 Å². The lowest BCUT2D eigenvalue weighted by molar-refractivity contribution is -0.157. The van der Waals surface area contributed by atoms with E-state index in [1.54, 1.807) is 0 Å². The van der Waals surface area contributed by atoms with Crippen molar-refractivity contribution in [3.05, 3.63) is 0 Å². The zero-order valence-electron chi connectivity index (χ0n) is 7.16. The van der Waals surface area contributed by atoms with Gasteiger partial charge in [0.15, 0.2) is 0 Å². The molecule has 0 spiro atoms. The highest BCUT2D eigenvalue weighted by atomic mass is 16.6. The molecule has 1 rings (SSSR count). The molecule has 2 atom stereocenters. The standard InChI is InChI=1S/C8H14O4/c1-6(10)12-8-3-2-7(4-9)11-5-8/h7-9H,2-5H2,1H3/t7-,8-/m0/s1. The Balaban J connectivity index is 2.21. The van der Waals surface area contributed by atoms with Crippen LogP contribution in [0.4, 0.5) is 0 Å². The highest BCUT2D eigenvalue weighted by molar-refractivity contribution is 5.66. The average Bonchev–Trinajstić information content (AvgIpc) is 2.05. The molecule has 1 heterocycles. The third-order valence-corrected chi connectivity index (χ3v) is 1.86. The number of rotatable bonds is 2. The van der Waals surface area contributed by atoms with E-state index in [0.29, 0.717) is 6.61 Å². The number of hydrogen-bond donors (Lipinski definition) is 1. The third kappa shape index (κ3) is 2.79. The fourth-order valence-electron chi connectivity index (χ4n) is 1.25. The topological polar surface area (TPSA) is 55.8 Å². The van der Waals surface area contributed by atoms with Gasteiger partial charge in [-0.05, 0) is 12.8 Å². The van der Waals surface area contributed by atoms with Crippen molar-refractivity contribution in [3.63, 3.8) is 0 Å². The van der Waals surface area contributed by atoms with Crippen molar-refractivity contribution >= 4 is 5.97 Å². The number of ether oxygens (including phenoxy) is 2.